The maximum absolute atomic E-state index is 12.2. The second kappa shape index (κ2) is 6.83. The Hall–Kier alpha value is -1.71. The van der Waals surface area contributed by atoms with Crippen molar-refractivity contribution in [1.29, 1.82) is 0 Å². The van der Waals surface area contributed by atoms with Crippen LogP contribution in [-0.4, -0.2) is 11.9 Å². The molecule has 0 heterocycles. The minimum Gasteiger partial charge on any atom is -0.399 e. The van der Waals surface area contributed by atoms with Gasteiger partial charge in [0.2, 0.25) is 0 Å². The van der Waals surface area contributed by atoms with Crippen LogP contribution in [0.5, 0.6) is 0 Å². The highest BCUT2D eigenvalue weighted by molar-refractivity contribution is 6.31. The first-order chi connectivity index (χ1) is 9.94. The molecule has 1 atom stereocenters. The molecule has 2 rings (SSSR count). The van der Waals surface area contributed by atoms with E-state index in [2.05, 4.69) is 5.32 Å². The number of carbonyl (C=O) groups is 1. The molecule has 5 heteroatoms. The first-order valence-electron chi connectivity index (χ1n) is 6.55. The van der Waals surface area contributed by atoms with E-state index in [-0.39, 0.29) is 11.9 Å². The number of amides is 1. The number of nitrogen functional groups attached to an aromatic ring is 1. The lowest BCUT2D eigenvalue weighted by Gasteiger charge is -2.14. The van der Waals surface area contributed by atoms with Crippen molar-refractivity contribution in [3.63, 3.8) is 0 Å². The van der Waals surface area contributed by atoms with Crippen molar-refractivity contribution in [2.45, 2.75) is 19.4 Å². The number of hydrogen-bond acceptors (Lipinski definition) is 2. The lowest BCUT2D eigenvalue weighted by Crippen LogP contribution is -2.34. The number of nitrogens with two attached hydrogens (primary N) is 1. The number of anilines is 1. The maximum Gasteiger partial charge on any atom is 0.251 e. The molecule has 0 aliphatic carbocycles. The van der Waals surface area contributed by atoms with Gasteiger partial charge in [-0.25, -0.2) is 0 Å². The largest absolute Gasteiger partial charge is 0.399 e. The van der Waals surface area contributed by atoms with E-state index in [1.165, 1.54) is 0 Å². The van der Waals surface area contributed by atoms with Crippen LogP contribution < -0.4 is 11.1 Å². The number of benzene rings is 2. The number of hydrogen-bond donors (Lipinski definition) is 2. The molecule has 0 radical (unpaired) electrons. The van der Waals surface area contributed by atoms with Crippen LogP contribution in [0.2, 0.25) is 10.0 Å². The Labute approximate surface area is 134 Å². The monoisotopic (exact) mass is 322 g/mol. The molecule has 0 fully saturated rings. The Kier molecular flexibility index (Phi) is 5.10. The second-order valence-electron chi connectivity index (χ2n) is 4.98. The van der Waals surface area contributed by atoms with Crippen molar-refractivity contribution in [1.82, 2.24) is 5.32 Å². The summed E-state index contributed by atoms with van der Waals surface area (Å²) in [6.45, 7) is 1.94. The molecule has 0 saturated heterocycles. The van der Waals surface area contributed by atoms with Gasteiger partial charge in [0.05, 0.1) is 0 Å². The van der Waals surface area contributed by atoms with E-state index in [4.69, 9.17) is 28.9 Å². The molecule has 2 aromatic rings. The number of nitrogens with one attached hydrogen (secondary N) is 1. The number of halogens is 2. The SMILES string of the molecule is CC(Cc1cccc(Cl)c1)NC(=O)c1cc(N)cc(Cl)c1. The van der Waals surface area contributed by atoms with Gasteiger partial charge < -0.3 is 11.1 Å². The average molecular weight is 323 g/mol. The van der Waals surface area contributed by atoms with Gasteiger partial charge in [-0.15, -0.1) is 0 Å². The van der Waals surface area contributed by atoms with Crippen LogP contribution in [0.4, 0.5) is 5.69 Å². The van der Waals surface area contributed by atoms with Crippen molar-refractivity contribution >= 4 is 34.8 Å². The fourth-order valence-corrected chi connectivity index (χ4v) is 2.58. The van der Waals surface area contributed by atoms with Crippen LogP contribution in [0.15, 0.2) is 42.5 Å². The molecule has 21 heavy (non-hydrogen) atoms. The Morgan fingerprint density at radius 1 is 1.19 bits per heavy atom. The third-order valence-corrected chi connectivity index (χ3v) is 3.44. The molecule has 3 N–H and O–H groups in total. The van der Waals surface area contributed by atoms with E-state index >= 15 is 0 Å². The fourth-order valence-electron chi connectivity index (χ4n) is 2.12. The smallest absolute Gasteiger partial charge is 0.251 e. The molecule has 110 valence electrons. The normalized spacial score (nSPS) is 12.0. The van der Waals surface area contributed by atoms with Gasteiger partial charge in [0.1, 0.15) is 0 Å². The summed E-state index contributed by atoms with van der Waals surface area (Å²) in [4.78, 5) is 12.2. The van der Waals surface area contributed by atoms with Crippen molar-refractivity contribution in [2.24, 2.45) is 0 Å². The molecule has 0 aromatic heterocycles. The van der Waals surface area contributed by atoms with Gasteiger partial charge in [0.15, 0.2) is 0 Å². The van der Waals surface area contributed by atoms with E-state index in [1.807, 2.05) is 31.2 Å². The Morgan fingerprint density at radius 2 is 1.95 bits per heavy atom. The van der Waals surface area contributed by atoms with Crippen LogP contribution >= 0.6 is 23.2 Å². The summed E-state index contributed by atoms with van der Waals surface area (Å²) in [5.74, 6) is -0.196. The Balaban J connectivity index is 2.02. The molecule has 3 nitrogen and oxygen atoms in total. The van der Waals surface area contributed by atoms with Crippen molar-refractivity contribution in [3.8, 4) is 0 Å². The zero-order chi connectivity index (χ0) is 15.4. The van der Waals surface area contributed by atoms with Crippen molar-refractivity contribution in [2.75, 3.05) is 5.73 Å². The third-order valence-electron chi connectivity index (χ3n) is 2.99. The van der Waals surface area contributed by atoms with E-state index < -0.39 is 0 Å². The first kappa shape index (κ1) is 15.7. The molecule has 0 saturated carbocycles. The Morgan fingerprint density at radius 3 is 2.62 bits per heavy atom. The summed E-state index contributed by atoms with van der Waals surface area (Å²) in [6, 6.07) is 12.4. The molecule has 0 bridgehead atoms. The quantitative estimate of drug-likeness (QED) is 0.838. The standard InChI is InChI=1S/C16H16Cl2N2O/c1-10(5-11-3-2-4-13(17)6-11)20-16(21)12-7-14(18)9-15(19)8-12/h2-4,6-10H,5,19H2,1H3,(H,20,21). The van der Waals surface area contributed by atoms with Crippen LogP contribution in [-0.2, 0) is 6.42 Å². The van der Waals surface area contributed by atoms with E-state index in [0.29, 0.717) is 27.7 Å². The van der Waals surface area contributed by atoms with Gasteiger partial charge in [0.25, 0.3) is 5.91 Å². The first-order valence-corrected chi connectivity index (χ1v) is 7.31. The third kappa shape index (κ3) is 4.66. The summed E-state index contributed by atoms with van der Waals surface area (Å²) in [5.41, 5.74) is 7.68. The molecule has 0 spiro atoms. The summed E-state index contributed by atoms with van der Waals surface area (Å²) in [5, 5.41) is 4.06. The lowest BCUT2D eigenvalue weighted by molar-refractivity contribution is 0.0940. The average Bonchev–Trinajstić information content (AvgIpc) is 2.37. The van der Waals surface area contributed by atoms with Gasteiger partial charge >= 0.3 is 0 Å². The molecular formula is C16H16Cl2N2O. The van der Waals surface area contributed by atoms with Gasteiger partial charge in [-0.05, 0) is 49.2 Å². The molecule has 2 aromatic carbocycles. The van der Waals surface area contributed by atoms with E-state index in [1.54, 1.807) is 18.2 Å². The molecule has 1 unspecified atom stereocenters. The molecular weight excluding hydrogens is 307 g/mol. The van der Waals surface area contributed by atoms with Crippen molar-refractivity contribution < 1.29 is 4.79 Å². The van der Waals surface area contributed by atoms with E-state index in [0.717, 1.165) is 5.56 Å². The van der Waals surface area contributed by atoms with Gasteiger partial charge in [-0.2, -0.15) is 0 Å². The molecule has 0 aliphatic heterocycles. The van der Waals surface area contributed by atoms with Gasteiger partial charge in [0, 0.05) is 27.3 Å². The highest BCUT2D eigenvalue weighted by Gasteiger charge is 2.11. The molecule has 1 amide bonds. The van der Waals surface area contributed by atoms with Crippen LogP contribution in [0, 0.1) is 0 Å². The topological polar surface area (TPSA) is 55.1 Å². The highest BCUT2D eigenvalue weighted by Crippen LogP contribution is 2.17. The summed E-state index contributed by atoms with van der Waals surface area (Å²) in [6.07, 6.45) is 0.697. The zero-order valence-corrected chi connectivity index (χ0v) is 13.1. The minimum absolute atomic E-state index is 0.0313. The number of carbonyl (C=O) groups excluding carboxylic acids is 1. The van der Waals surface area contributed by atoms with Crippen LogP contribution in [0.1, 0.15) is 22.8 Å². The minimum atomic E-state index is -0.196. The van der Waals surface area contributed by atoms with Crippen LogP contribution in [0.3, 0.4) is 0 Å². The van der Waals surface area contributed by atoms with Crippen molar-refractivity contribution in [3.05, 3.63) is 63.6 Å². The Bertz CT molecular complexity index is 638. The van der Waals surface area contributed by atoms with Gasteiger partial charge in [-0.1, -0.05) is 35.3 Å². The molecule has 0 aliphatic rings. The second-order valence-corrected chi connectivity index (χ2v) is 5.85. The maximum atomic E-state index is 12.2. The van der Waals surface area contributed by atoms with Crippen LogP contribution in [0.25, 0.3) is 0 Å². The van der Waals surface area contributed by atoms with E-state index in [9.17, 15) is 4.79 Å². The summed E-state index contributed by atoms with van der Waals surface area (Å²) >= 11 is 11.9. The summed E-state index contributed by atoms with van der Waals surface area (Å²) in [7, 11) is 0. The highest BCUT2D eigenvalue weighted by atomic mass is 35.5. The number of rotatable bonds is 4. The zero-order valence-electron chi connectivity index (χ0n) is 11.6. The predicted octanol–water partition coefficient (Wildman–Crippen LogP) is 3.94. The lowest BCUT2D eigenvalue weighted by atomic mass is 10.1. The summed E-state index contributed by atoms with van der Waals surface area (Å²) < 4.78 is 0. The predicted molar refractivity (Wildman–Crippen MR) is 87.9 cm³/mol. The van der Waals surface area contributed by atoms with Gasteiger partial charge in [-0.3, -0.25) is 4.79 Å². The fraction of sp³-hybridized carbons (Fsp3) is 0.188.